The second kappa shape index (κ2) is 7.27. The molecule has 1 aromatic carbocycles. The molecule has 0 bridgehead atoms. The van der Waals surface area contributed by atoms with Gasteiger partial charge in [-0.15, -0.1) is 0 Å². The molecule has 4 heteroatoms. The summed E-state index contributed by atoms with van der Waals surface area (Å²) in [6, 6.07) is 9.18. The molecule has 1 unspecified atom stereocenters. The van der Waals surface area contributed by atoms with Crippen molar-refractivity contribution in [3.63, 3.8) is 0 Å². The molecule has 0 aliphatic heterocycles. The summed E-state index contributed by atoms with van der Waals surface area (Å²) < 4.78 is 7.43. The molecule has 21 heavy (non-hydrogen) atoms. The number of aryl methyl sites for hydroxylation is 1. The molecule has 0 amide bonds. The summed E-state index contributed by atoms with van der Waals surface area (Å²) in [7, 11) is 1.88. The highest BCUT2D eigenvalue weighted by Gasteiger charge is 2.06. The van der Waals surface area contributed by atoms with Gasteiger partial charge in [0.05, 0.1) is 12.4 Å². The molecule has 0 saturated heterocycles. The smallest absolute Gasteiger partial charge is 0.157 e. The lowest BCUT2D eigenvalue weighted by molar-refractivity contribution is 0.306. The van der Waals surface area contributed by atoms with Crippen LogP contribution in [0.1, 0.15) is 37.8 Å². The quantitative estimate of drug-likeness (QED) is 0.850. The van der Waals surface area contributed by atoms with Crippen LogP contribution in [0.25, 0.3) is 0 Å². The predicted octanol–water partition coefficient (Wildman–Crippen LogP) is 3.10. The summed E-state index contributed by atoms with van der Waals surface area (Å²) >= 11 is 0. The Kier molecular flexibility index (Phi) is 5.39. The van der Waals surface area contributed by atoms with Crippen LogP contribution in [0, 0.1) is 0 Å². The highest BCUT2D eigenvalue weighted by Crippen LogP contribution is 2.17. The van der Waals surface area contributed by atoms with E-state index in [9.17, 15) is 0 Å². The van der Waals surface area contributed by atoms with E-state index in [-0.39, 0.29) is 0 Å². The topological polar surface area (TPSA) is 39.1 Å². The molecule has 2 rings (SSSR count). The standard InChI is InChI=1S/C17H25N3O/c1-13(2)18-9-14(3)16-7-5-15(6-8-16)12-21-17-10-19-20(4)11-17/h5-8,10-11,13-14,18H,9,12H2,1-4H3. The lowest BCUT2D eigenvalue weighted by Gasteiger charge is -2.15. The monoisotopic (exact) mass is 287 g/mol. The maximum absolute atomic E-state index is 5.70. The van der Waals surface area contributed by atoms with E-state index in [2.05, 4.69) is 55.5 Å². The lowest BCUT2D eigenvalue weighted by atomic mass is 9.99. The number of hydrogen-bond acceptors (Lipinski definition) is 3. The number of nitrogens with one attached hydrogen (secondary N) is 1. The maximum atomic E-state index is 5.70. The molecule has 0 saturated carbocycles. The summed E-state index contributed by atoms with van der Waals surface area (Å²) in [5, 5.41) is 7.56. The van der Waals surface area contributed by atoms with E-state index in [1.165, 1.54) is 11.1 Å². The Bertz CT molecular complexity index is 545. The maximum Gasteiger partial charge on any atom is 0.157 e. The fourth-order valence-corrected chi connectivity index (χ4v) is 2.11. The third-order valence-electron chi connectivity index (χ3n) is 3.47. The van der Waals surface area contributed by atoms with Gasteiger partial charge in [0.25, 0.3) is 0 Å². The SMILES string of the molecule is CC(C)NCC(C)c1ccc(COc2cnn(C)c2)cc1. The van der Waals surface area contributed by atoms with E-state index in [1.807, 2.05) is 13.2 Å². The van der Waals surface area contributed by atoms with Crippen LogP contribution in [-0.4, -0.2) is 22.4 Å². The van der Waals surface area contributed by atoms with Crippen molar-refractivity contribution in [1.29, 1.82) is 0 Å². The zero-order valence-corrected chi connectivity index (χ0v) is 13.3. The van der Waals surface area contributed by atoms with E-state index in [0.29, 0.717) is 18.6 Å². The Morgan fingerprint density at radius 2 is 1.90 bits per heavy atom. The Morgan fingerprint density at radius 3 is 2.48 bits per heavy atom. The normalized spacial score (nSPS) is 12.6. The molecule has 0 radical (unpaired) electrons. The van der Waals surface area contributed by atoms with Crippen LogP contribution in [0.4, 0.5) is 0 Å². The molecule has 4 nitrogen and oxygen atoms in total. The van der Waals surface area contributed by atoms with E-state index in [0.717, 1.165) is 12.3 Å². The Hall–Kier alpha value is -1.81. The first kappa shape index (κ1) is 15.6. The average Bonchev–Trinajstić information content (AvgIpc) is 2.89. The van der Waals surface area contributed by atoms with Crippen LogP contribution in [0.2, 0.25) is 0 Å². The van der Waals surface area contributed by atoms with Crippen LogP contribution < -0.4 is 10.1 Å². The van der Waals surface area contributed by atoms with Crippen molar-refractivity contribution in [2.75, 3.05) is 6.54 Å². The van der Waals surface area contributed by atoms with Crippen LogP contribution in [0.5, 0.6) is 5.75 Å². The van der Waals surface area contributed by atoms with Gasteiger partial charge in [-0.05, 0) is 17.0 Å². The first-order valence-corrected chi connectivity index (χ1v) is 7.48. The number of hydrogen-bond donors (Lipinski definition) is 1. The van der Waals surface area contributed by atoms with Crippen molar-refractivity contribution in [1.82, 2.24) is 15.1 Å². The molecule has 1 N–H and O–H groups in total. The van der Waals surface area contributed by atoms with Crippen molar-refractivity contribution in [3.05, 3.63) is 47.8 Å². The second-order valence-corrected chi connectivity index (χ2v) is 5.84. The highest BCUT2D eigenvalue weighted by molar-refractivity contribution is 5.25. The van der Waals surface area contributed by atoms with Gasteiger partial charge in [-0.3, -0.25) is 4.68 Å². The van der Waals surface area contributed by atoms with E-state index < -0.39 is 0 Å². The Balaban J connectivity index is 1.86. The van der Waals surface area contributed by atoms with Crippen LogP contribution >= 0.6 is 0 Å². The fraction of sp³-hybridized carbons (Fsp3) is 0.471. The molecule has 0 fully saturated rings. The highest BCUT2D eigenvalue weighted by atomic mass is 16.5. The van der Waals surface area contributed by atoms with E-state index in [1.54, 1.807) is 10.9 Å². The van der Waals surface area contributed by atoms with Gasteiger partial charge in [0.15, 0.2) is 5.75 Å². The van der Waals surface area contributed by atoms with Gasteiger partial charge >= 0.3 is 0 Å². The third-order valence-corrected chi connectivity index (χ3v) is 3.47. The van der Waals surface area contributed by atoms with E-state index >= 15 is 0 Å². The number of benzene rings is 1. The fourth-order valence-electron chi connectivity index (χ4n) is 2.11. The van der Waals surface area contributed by atoms with Crippen molar-refractivity contribution >= 4 is 0 Å². The number of ether oxygens (including phenoxy) is 1. The van der Waals surface area contributed by atoms with Gasteiger partial charge in [-0.1, -0.05) is 45.0 Å². The summed E-state index contributed by atoms with van der Waals surface area (Å²) in [6.45, 7) is 8.17. The van der Waals surface area contributed by atoms with Crippen LogP contribution in [0.3, 0.4) is 0 Å². The van der Waals surface area contributed by atoms with Gasteiger partial charge < -0.3 is 10.1 Å². The first-order chi connectivity index (χ1) is 10.0. The van der Waals surface area contributed by atoms with Gasteiger partial charge in [-0.2, -0.15) is 5.10 Å². The summed E-state index contributed by atoms with van der Waals surface area (Å²) in [6.07, 6.45) is 3.60. The van der Waals surface area contributed by atoms with Crippen LogP contribution in [0.15, 0.2) is 36.7 Å². The van der Waals surface area contributed by atoms with Crippen molar-refractivity contribution in [2.24, 2.45) is 7.05 Å². The summed E-state index contributed by atoms with van der Waals surface area (Å²) in [5.41, 5.74) is 2.53. The van der Waals surface area contributed by atoms with Gasteiger partial charge in [0.1, 0.15) is 6.61 Å². The molecule has 0 aliphatic rings. The van der Waals surface area contributed by atoms with Crippen molar-refractivity contribution < 1.29 is 4.74 Å². The summed E-state index contributed by atoms with van der Waals surface area (Å²) in [5.74, 6) is 1.32. The molecular weight excluding hydrogens is 262 g/mol. The predicted molar refractivity (Wildman–Crippen MR) is 85.5 cm³/mol. The van der Waals surface area contributed by atoms with Gasteiger partial charge in [0.2, 0.25) is 0 Å². The van der Waals surface area contributed by atoms with Crippen molar-refractivity contribution in [2.45, 2.75) is 39.3 Å². The van der Waals surface area contributed by atoms with Crippen molar-refractivity contribution in [3.8, 4) is 5.75 Å². The molecule has 1 heterocycles. The molecule has 114 valence electrons. The van der Waals surface area contributed by atoms with E-state index in [4.69, 9.17) is 4.74 Å². The Labute approximate surface area is 127 Å². The molecular formula is C17H25N3O. The molecule has 2 aromatic rings. The minimum absolute atomic E-state index is 0.515. The van der Waals surface area contributed by atoms with Crippen LogP contribution in [-0.2, 0) is 13.7 Å². The Morgan fingerprint density at radius 1 is 1.19 bits per heavy atom. The minimum atomic E-state index is 0.515. The zero-order chi connectivity index (χ0) is 15.2. The molecule has 1 atom stereocenters. The minimum Gasteiger partial charge on any atom is -0.486 e. The summed E-state index contributed by atoms with van der Waals surface area (Å²) in [4.78, 5) is 0. The van der Waals surface area contributed by atoms with Gasteiger partial charge in [-0.25, -0.2) is 0 Å². The molecule has 0 aliphatic carbocycles. The zero-order valence-electron chi connectivity index (χ0n) is 13.3. The second-order valence-electron chi connectivity index (χ2n) is 5.84. The number of nitrogens with zero attached hydrogens (tertiary/aromatic N) is 2. The number of rotatable bonds is 7. The lowest BCUT2D eigenvalue weighted by Crippen LogP contribution is -2.26. The van der Waals surface area contributed by atoms with Gasteiger partial charge in [0, 0.05) is 19.6 Å². The average molecular weight is 287 g/mol. The first-order valence-electron chi connectivity index (χ1n) is 7.48. The third kappa shape index (κ3) is 4.90. The molecule has 1 aromatic heterocycles. The number of aromatic nitrogens is 2. The molecule has 0 spiro atoms. The largest absolute Gasteiger partial charge is 0.486 e.